The summed E-state index contributed by atoms with van der Waals surface area (Å²) in [5.74, 6) is 0. The fourth-order valence-electron chi connectivity index (χ4n) is 3.46. The molecule has 2 aromatic rings. The highest BCUT2D eigenvalue weighted by Gasteiger charge is 2.42. The third kappa shape index (κ3) is 2.87. The molecule has 1 aliphatic rings. The molecule has 1 saturated heterocycles. The Kier molecular flexibility index (Phi) is 4.37. The summed E-state index contributed by atoms with van der Waals surface area (Å²) in [6.45, 7) is 1.08. The Morgan fingerprint density at radius 3 is 2.29 bits per heavy atom. The van der Waals surface area contributed by atoms with Gasteiger partial charge in [0.1, 0.15) is 5.60 Å². The van der Waals surface area contributed by atoms with Crippen molar-refractivity contribution < 1.29 is 4.74 Å². The molecule has 2 unspecified atom stereocenters. The minimum absolute atomic E-state index is 0.293. The summed E-state index contributed by atoms with van der Waals surface area (Å²) in [6.07, 6.45) is 3.28. The van der Waals surface area contributed by atoms with E-state index >= 15 is 0 Å². The standard InChI is InChI=1S/C19H23NO/c1-21-19(18-13-8-14-20-18,17-11-6-3-7-12-17)15-16-9-4-2-5-10-16/h2-7,9-12,18,20H,8,13-15H2,1H3. The van der Waals surface area contributed by atoms with Gasteiger partial charge in [-0.3, -0.25) is 0 Å². The van der Waals surface area contributed by atoms with Gasteiger partial charge in [0.25, 0.3) is 0 Å². The first-order valence-corrected chi connectivity index (χ1v) is 7.73. The van der Waals surface area contributed by atoms with Gasteiger partial charge in [-0.1, -0.05) is 60.7 Å². The van der Waals surface area contributed by atoms with Crippen LogP contribution in [0.1, 0.15) is 24.0 Å². The molecule has 0 saturated carbocycles. The van der Waals surface area contributed by atoms with Crippen LogP contribution in [0.25, 0.3) is 0 Å². The van der Waals surface area contributed by atoms with Crippen molar-refractivity contribution in [1.82, 2.24) is 5.32 Å². The molecule has 21 heavy (non-hydrogen) atoms. The number of hydrogen-bond acceptors (Lipinski definition) is 2. The molecular weight excluding hydrogens is 258 g/mol. The van der Waals surface area contributed by atoms with Crippen molar-refractivity contribution in [2.24, 2.45) is 0 Å². The summed E-state index contributed by atoms with van der Waals surface area (Å²) in [5.41, 5.74) is 2.28. The largest absolute Gasteiger partial charge is 0.372 e. The second kappa shape index (κ2) is 6.42. The molecule has 1 N–H and O–H groups in total. The molecule has 2 nitrogen and oxygen atoms in total. The normalized spacial score (nSPS) is 21.1. The Morgan fingerprint density at radius 1 is 1.05 bits per heavy atom. The zero-order chi connectivity index (χ0) is 14.5. The quantitative estimate of drug-likeness (QED) is 0.905. The van der Waals surface area contributed by atoms with Crippen molar-refractivity contribution in [3.8, 4) is 0 Å². The minimum Gasteiger partial charge on any atom is -0.372 e. The van der Waals surface area contributed by atoms with E-state index < -0.39 is 0 Å². The first kappa shape index (κ1) is 14.3. The van der Waals surface area contributed by atoms with Crippen LogP contribution in [0.5, 0.6) is 0 Å². The summed E-state index contributed by atoms with van der Waals surface area (Å²) in [6, 6.07) is 21.6. The summed E-state index contributed by atoms with van der Waals surface area (Å²) in [4.78, 5) is 0. The van der Waals surface area contributed by atoms with Crippen molar-refractivity contribution >= 4 is 0 Å². The number of benzene rings is 2. The Morgan fingerprint density at radius 2 is 1.71 bits per heavy atom. The van der Waals surface area contributed by atoms with Crippen LogP contribution in [0.4, 0.5) is 0 Å². The van der Waals surface area contributed by atoms with E-state index in [0.29, 0.717) is 6.04 Å². The molecule has 2 aromatic carbocycles. The van der Waals surface area contributed by atoms with Crippen LogP contribution in [0.15, 0.2) is 60.7 Å². The highest BCUT2D eigenvalue weighted by Crippen LogP contribution is 2.36. The Balaban J connectivity index is 2.00. The lowest BCUT2D eigenvalue weighted by atomic mass is 9.80. The van der Waals surface area contributed by atoms with E-state index in [9.17, 15) is 0 Å². The molecule has 0 aromatic heterocycles. The number of ether oxygens (including phenoxy) is 1. The van der Waals surface area contributed by atoms with E-state index in [0.717, 1.165) is 19.4 Å². The van der Waals surface area contributed by atoms with Crippen molar-refractivity contribution in [2.75, 3.05) is 13.7 Å². The van der Waals surface area contributed by atoms with Gasteiger partial charge in [-0.15, -0.1) is 0 Å². The molecular formula is C19H23NO. The fourth-order valence-corrected chi connectivity index (χ4v) is 3.46. The molecule has 3 rings (SSSR count). The summed E-state index contributed by atoms with van der Waals surface area (Å²) in [7, 11) is 1.84. The summed E-state index contributed by atoms with van der Waals surface area (Å²) < 4.78 is 6.15. The molecule has 0 amide bonds. The average molecular weight is 281 g/mol. The highest BCUT2D eigenvalue weighted by molar-refractivity contribution is 5.30. The van der Waals surface area contributed by atoms with Crippen LogP contribution in [-0.2, 0) is 16.8 Å². The molecule has 1 heterocycles. The number of nitrogens with one attached hydrogen (secondary N) is 1. The summed E-state index contributed by atoms with van der Waals surface area (Å²) in [5, 5.41) is 3.64. The van der Waals surface area contributed by atoms with Gasteiger partial charge in [0.2, 0.25) is 0 Å². The van der Waals surface area contributed by atoms with Crippen molar-refractivity contribution in [1.29, 1.82) is 0 Å². The second-order valence-corrected chi connectivity index (χ2v) is 5.77. The van der Waals surface area contributed by atoms with Crippen molar-refractivity contribution in [3.05, 3.63) is 71.8 Å². The minimum atomic E-state index is -0.293. The van der Waals surface area contributed by atoms with Gasteiger partial charge in [0, 0.05) is 19.6 Å². The molecule has 110 valence electrons. The van der Waals surface area contributed by atoms with Crippen molar-refractivity contribution in [3.63, 3.8) is 0 Å². The molecule has 1 fully saturated rings. The first-order valence-electron chi connectivity index (χ1n) is 7.73. The molecule has 0 aliphatic carbocycles. The van der Waals surface area contributed by atoms with E-state index in [1.165, 1.54) is 17.5 Å². The van der Waals surface area contributed by atoms with E-state index in [1.54, 1.807) is 0 Å². The summed E-state index contributed by atoms with van der Waals surface area (Å²) >= 11 is 0. The van der Waals surface area contributed by atoms with Gasteiger partial charge in [-0.05, 0) is 30.5 Å². The Hall–Kier alpha value is -1.64. The van der Waals surface area contributed by atoms with Crippen LogP contribution in [0, 0.1) is 0 Å². The van der Waals surface area contributed by atoms with E-state index in [-0.39, 0.29) is 5.60 Å². The lowest BCUT2D eigenvalue weighted by molar-refractivity contribution is -0.0420. The Bertz CT molecular complexity index is 548. The van der Waals surface area contributed by atoms with Gasteiger partial charge in [-0.25, -0.2) is 0 Å². The maximum atomic E-state index is 6.15. The van der Waals surface area contributed by atoms with Crippen LogP contribution < -0.4 is 5.32 Å². The topological polar surface area (TPSA) is 21.3 Å². The Labute approximate surface area is 127 Å². The number of hydrogen-bond donors (Lipinski definition) is 1. The fraction of sp³-hybridized carbons (Fsp3) is 0.368. The lowest BCUT2D eigenvalue weighted by Gasteiger charge is -2.39. The van der Waals surface area contributed by atoms with Gasteiger partial charge < -0.3 is 10.1 Å². The molecule has 0 spiro atoms. The second-order valence-electron chi connectivity index (χ2n) is 5.77. The molecule has 2 atom stereocenters. The third-order valence-electron chi connectivity index (χ3n) is 4.56. The van der Waals surface area contributed by atoms with Gasteiger partial charge in [-0.2, -0.15) is 0 Å². The van der Waals surface area contributed by atoms with Crippen molar-refractivity contribution in [2.45, 2.75) is 30.9 Å². The highest BCUT2D eigenvalue weighted by atomic mass is 16.5. The first-order chi connectivity index (χ1) is 10.3. The van der Waals surface area contributed by atoms with Gasteiger partial charge >= 0.3 is 0 Å². The van der Waals surface area contributed by atoms with Gasteiger partial charge in [0.15, 0.2) is 0 Å². The predicted molar refractivity (Wildman–Crippen MR) is 86.3 cm³/mol. The maximum absolute atomic E-state index is 6.15. The third-order valence-corrected chi connectivity index (χ3v) is 4.56. The smallest absolute Gasteiger partial charge is 0.112 e. The van der Waals surface area contributed by atoms with E-state index in [2.05, 4.69) is 66.0 Å². The van der Waals surface area contributed by atoms with E-state index in [1.807, 2.05) is 7.11 Å². The zero-order valence-corrected chi connectivity index (χ0v) is 12.6. The van der Waals surface area contributed by atoms with Crippen LogP contribution in [0.3, 0.4) is 0 Å². The number of methoxy groups -OCH3 is 1. The monoisotopic (exact) mass is 281 g/mol. The van der Waals surface area contributed by atoms with Crippen LogP contribution in [-0.4, -0.2) is 19.7 Å². The average Bonchev–Trinajstić information content (AvgIpc) is 3.09. The van der Waals surface area contributed by atoms with Crippen LogP contribution in [0.2, 0.25) is 0 Å². The van der Waals surface area contributed by atoms with Gasteiger partial charge in [0.05, 0.1) is 0 Å². The SMILES string of the molecule is COC(Cc1ccccc1)(c1ccccc1)C1CCCN1. The van der Waals surface area contributed by atoms with Crippen LogP contribution >= 0.6 is 0 Å². The predicted octanol–water partition coefficient (Wildman–Crippen LogP) is 3.52. The zero-order valence-electron chi connectivity index (χ0n) is 12.6. The maximum Gasteiger partial charge on any atom is 0.112 e. The molecule has 0 bridgehead atoms. The molecule has 2 heteroatoms. The number of rotatable bonds is 5. The lowest BCUT2D eigenvalue weighted by Crippen LogP contribution is -2.48. The molecule has 0 radical (unpaired) electrons. The molecule has 1 aliphatic heterocycles. The van der Waals surface area contributed by atoms with E-state index in [4.69, 9.17) is 4.74 Å².